The van der Waals surface area contributed by atoms with Crippen molar-refractivity contribution >= 4 is 23.2 Å². The number of nitriles is 1. The summed E-state index contributed by atoms with van der Waals surface area (Å²) in [5.41, 5.74) is 1.83. The van der Waals surface area contributed by atoms with Crippen LogP contribution in [0.5, 0.6) is 0 Å². The third-order valence-electron chi connectivity index (χ3n) is 3.21. The van der Waals surface area contributed by atoms with E-state index in [2.05, 4.69) is 5.32 Å². The van der Waals surface area contributed by atoms with Crippen molar-refractivity contribution in [2.24, 2.45) is 0 Å². The van der Waals surface area contributed by atoms with Gasteiger partial charge in [-0.15, -0.1) is 0 Å². The van der Waals surface area contributed by atoms with Crippen molar-refractivity contribution < 1.29 is 9.72 Å². The first-order valence-electron chi connectivity index (χ1n) is 6.74. The Labute approximate surface area is 132 Å². The molecule has 0 saturated carbocycles. The molecule has 0 bridgehead atoms. The number of carbonyl (C=O) groups excluding carboxylic acids is 1. The standard InChI is InChI=1S/C17H13N3O3/c1-19-15-8-4-12(10-16(15)20(22)23)5-9-17(21)14-6-2-13(11-18)3-7-14/h2-10,19H,1H3/b9-5+. The highest BCUT2D eigenvalue weighted by molar-refractivity contribution is 6.06. The summed E-state index contributed by atoms with van der Waals surface area (Å²) in [4.78, 5) is 22.6. The number of anilines is 1. The van der Waals surface area contributed by atoms with Gasteiger partial charge in [0.2, 0.25) is 0 Å². The molecule has 0 radical (unpaired) electrons. The average Bonchev–Trinajstić information content (AvgIpc) is 2.59. The molecule has 23 heavy (non-hydrogen) atoms. The number of rotatable bonds is 5. The van der Waals surface area contributed by atoms with E-state index in [0.717, 1.165) is 0 Å². The predicted molar refractivity (Wildman–Crippen MR) is 87.2 cm³/mol. The zero-order valence-corrected chi connectivity index (χ0v) is 12.3. The lowest BCUT2D eigenvalue weighted by Gasteiger charge is -2.02. The van der Waals surface area contributed by atoms with Gasteiger partial charge in [0, 0.05) is 18.7 Å². The minimum absolute atomic E-state index is 0.0551. The second kappa shape index (κ2) is 7.00. The van der Waals surface area contributed by atoms with Crippen molar-refractivity contribution in [2.45, 2.75) is 0 Å². The first-order chi connectivity index (χ1) is 11.0. The third-order valence-corrected chi connectivity index (χ3v) is 3.21. The molecule has 0 saturated heterocycles. The maximum Gasteiger partial charge on any atom is 0.292 e. The largest absolute Gasteiger partial charge is 0.383 e. The Kier molecular flexibility index (Phi) is 4.85. The minimum atomic E-state index is -0.481. The fourth-order valence-corrected chi connectivity index (χ4v) is 1.99. The van der Waals surface area contributed by atoms with Gasteiger partial charge in [0.05, 0.1) is 16.6 Å². The van der Waals surface area contributed by atoms with E-state index in [1.54, 1.807) is 43.4 Å². The molecule has 0 aliphatic heterocycles. The topological polar surface area (TPSA) is 96.0 Å². The van der Waals surface area contributed by atoms with Crippen molar-refractivity contribution in [3.05, 3.63) is 75.3 Å². The fourth-order valence-electron chi connectivity index (χ4n) is 1.99. The summed E-state index contributed by atoms with van der Waals surface area (Å²) < 4.78 is 0. The smallest absolute Gasteiger partial charge is 0.292 e. The van der Waals surface area contributed by atoms with Crippen LogP contribution in [0.3, 0.4) is 0 Å². The van der Waals surface area contributed by atoms with Crippen molar-refractivity contribution in [1.82, 2.24) is 0 Å². The Bertz CT molecular complexity index is 818. The van der Waals surface area contributed by atoms with E-state index in [4.69, 9.17) is 5.26 Å². The summed E-state index contributed by atoms with van der Waals surface area (Å²) in [5, 5.41) is 22.5. The number of nitrogens with zero attached hydrogens (tertiary/aromatic N) is 2. The highest BCUT2D eigenvalue weighted by Gasteiger charge is 2.12. The zero-order chi connectivity index (χ0) is 16.8. The van der Waals surface area contributed by atoms with Crippen molar-refractivity contribution in [3.8, 4) is 6.07 Å². The molecule has 6 heteroatoms. The van der Waals surface area contributed by atoms with E-state index in [-0.39, 0.29) is 11.5 Å². The molecule has 2 aromatic carbocycles. The number of nitro groups is 1. The predicted octanol–water partition coefficient (Wildman–Crippen LogP) is 3.40. The Balaban J connectivity index is 2.22. The van der Waals surface area contributed by atoms with Gasteiger partial charge in [-0.1, -0.05) is 12.1 Å². The van der Waals surface area contributed by atoms with E-state index in [1.807, 2.05) is 6.07 Å². The Morgan fingerprint density at radius 3 is 2.52 bits per heavy atom. The normalized spacial score (nSPS) is 10.3. The van der Waals surface area contributed by atoms with Crippen molar-refractivity contribution in [2.75, 3.05) is 12.4 Å². The van der Waals surface area contributed by atoms with Crippen LogP contribution in [0.25, 0.3) is 6.08 Å². The van der Waals surface area contributed by atoms with Gasteiger partial charge in [0.1, 0.15) is 5.69 Å². The van der Waals surface area contributed by atoms with Crippen LogP contribution in [-0.4, -0.2) is 17.8 Å². The van der Waals surface area contributed by atoms with Gasteiger partial charge in [-0.3, -0.25) is 14.9 Å². The number of allylic oxidation sites excluding steroid dienone is 1. The highest BCUT2D eigenvalue weighted by atomic mass is 16.6. The molecule has 0 aliphatic carbocycles. The first kappa shape index (κ1) is 15.9. The number of nitrogens with one attached hydrogen (secondary N) is 1. The van der Waals surface area contributed by atoms with E-state index in [1.165, 1.54) is 18.2 Å². The molecule has 0 fully saturated rings. The van der Waals surface area contributed by atoms with E-state index in [0.29, 0.717) is 22.4 Å². The van der Waals surface area contributed by atoms with Crippen LogP contribution in [0.15, 0.2) is 48.5 Å². The molecule has 1 N–H and O–H groups in total. The summed E-state index contributed by atoms with van der Waals surface area (Å²) in [7, 11) is 1.60. The quantitative estimate of drug-likeness (QED) is 0.395. The molecule has 114 valence electrons. The van der Waals surface area contributed by atoms with Gasteiger partial charge in [-0.25, -0.2) is 0 Å². The lowest BCUT2D eigenvalue weighted by molar-refractivity contribution is -0.383. The molecule has 0 heterocycles. The lowest BCUT2D eigenvalue weighted by Crippen LogP contribution is -1.97. The monoisotopic (exact) mass is 307 g/mol. The maximum atomic E-state index is 12.0. The summed E-state index contributed by atoms with van der Waals surface area (Å²) in [6.07, 6.45) is 2.87. The van der Waals surface area contributed by atoms with Crippen LogP contribution in [-0.2, 0) is 0 Å². The number of benzene rings is 2. The molecular weight excluding hydrogens is 294 g/mol. The SMILES string of the molecule is CNc1ccc(/C=C/C(=O)c2ccc(C#N)cc2)cc1[N+](=O)[O-]. The lowest BCUT2D eigenvalue weighted by atomic mass is 10.1. The molecule has 0 spiro atoms. The number of carbonyl (C=O) groups is 1. The summed E-state index contributed by atoms with van der Waals surface area (Å²) in [6.45, 7) is 0. The average molecular weight is 307 g/mol. The first-order valence-corrected chi connectivity index (χ1v) is 6.74. The maximum absolute atomic E-state index is 12.0. The summed E-state index contributed by atoms with van der Waals surface area (Å²) in [5.74, 6) is -0.241. The van der Waals surface area contributed by atoms with Crippen LogP contribution < -0.4 is 5.32 Å². The van der Waals surface area contributed by atoms with Gasteiger partial charge in [0.15, 0.2) is 5.78 Å². The number of ketones is 1. The molecule has 0 atom stereocenters. The van der Waals surface area contributed by atoms with Crippen LogP contribution in [0.4, 0.5) is 11.4 Å². The van der Waals surface area contributed by atoms with Crippen molar-refractivity contribution in [1.29, 1.82) is 5.26 Å². The number of nitro benzene ring substituents is 1. The highest BCUT2D eigenvalue weighted by Crippen LogP contribution is 2.25. The third kappa shape index (κ3) is 3.80. The van der Waals surface area contributed by atoms with Gasteiger partial charge in [-0.2, -0.15) is 5.26 Å². The molecule has 0 amide bonds. The minimum Gasteiger partial charge on any atom is -0.383 e. The second-order valence-corrected chi connectivity index (χ2v) is 4.67. The molecule has 6 nitrogen and oxygen atoms in total. The van der Waals surface area contributed by atoms with Crippen molar-refractivity contribution in [3.63, 3.8) is 0 Å². The van der Waals surface area contributed by atoms with Crippen LogP contribution in [0.1, 0.15) is 21.5 Å². The Morgan fingerprint density at radius 2 is 1.96 bits per heavy atom. The van der Waals surface area contributed by atoms with Gasteiger partial charge in [-0.05, 0) is 42.0 Å². The Hall–Kier alpha value is -3.46. The van der Waals surface area contributed by atoms with Gasteiger partial charge in [0.25, 0.3) is 5.69 Å². The van der Waals surface area contributed by atoms with E-state index >= 15 is 0 Å². The van der Waals surface area contributed by atoms with Crippen LogP contribution in [0.2, 0.25) is 0 Å². The molecule has 0 unspecified atom stereocenters. The molecular formula is C17H13N3O3. The van der Waals surface area contributed by atoms with E-state index in [9.17, 15) is 14.9 Å². The van der Waals surface area contributed by atoms with Crippen LogP contribution in [0, 0.1) is 21.4 Å². The molecule has 2 aromatic rings. The number of hydrogen-bond donors (Lipinski definition) is 1. The molecule has 0 aromatic heterocycles. The second-order valence-electron chi connectivity index (χ2n) is 4.67. The van der Waals surface area contributed by atoms with Gasteiger partial charge < -0.3 is 5.32 Å². The van der Waals surface area contributed by atoms with E-state index < -0.39 is 4.92 Å². The molecule has 0 aliphatic rings. The Morgan fingerprint density at radius 1 is 1.26 bits per heavy atom. The summed E-state index contributed by atoms with van der Waals surface area (Å²) >= 11 is 0. The van der Waals surface area contributed by atoms with Crippen LogP contribution >= 0.6 is 0 Å². The number of hydrogen-bond acceptors (Lipinski definition) is 5. The van der Waals surface area contributed by atoms with Gasteiger partial charge >= 0.3 is 0 Å². The zero-order valence-electron chi connectivity index (χ0n) is 12.3. The summed E-state index contributed by atoms with van der Waals surface area (Å²) in [6, 6.07) is 12.9. The fraction of sp³-hybridized carbons (Fsp3) is 0.0588. The molecule has 2 rings (SSSR count).